The molecule has 2 amide bonds. The summed E-state index contributed by atoms with van der Waals surface area (Å²) in [6.45, 7) is 0.665. The smallest absolute Gasteiger partial charge is 0.333 e. The van der Waals surface area contributed by atoms with Gasteiger partial charge in [-0.3, -0.25) is 10.2 Å². The number of carbonyl (C=O) groups excluding carboxylic acids is 1. The van der Waals surface area contributed by atoms with Crippen LogP contribution in [0.5, 0.6) is 0 Å². The zero-order valence-corrected chi connectivity index (χ0v) is 18.4. The minimum Gasteiger partial charge on any atom is -0.481 e. The first-order valence-electron chi connectivity index (χ1n) is 10.1. The lowest BCUT2D eigenvalue weighted by Gasteiger charge is -2.27. The molecule has 0 spiro atoms. The van der Waals surface area contributed by atoms with Gasteiger partial charge in [0.15, 0.2) is 0 Å². The molecule has 0 radical (unpaired) electrons. The van der Waals surface area contributed by atoms with Gasteiger partial charge in [-0.25, -0.2) is 10.2 Å². The van der Waals surface area contributed by atoms with E-state index in [1.165, 1.54) is 0 Å². The fraction of sp³-hybridized carbons (Fsp3) is 0.524. The van der Waals surface area contributed by atoms with Crippen molar-refractivity contribution in [2.45, 2.75) is 50.7 Å². The number of hydrogen-bond acceptors (Lipinski definition) is 4. The maximum absolute atomic E-state index is 12.1. The van der Waals surface area contributed by atoms with Crippen molar-refractivity contribution in [2.75, 3.05) is 11.9 Å². The summed E-state index contributed by atoms with van der Waals surface area (Å²) >= 11 is 2.22. The highest BCUT2D eigenvalue weighted by Gasteiger charge is 2.47. The van der Waals surface area contributed by atoms with E-state index >= 15 is 0 Å². The van der Waals surface area contributed by atoms with Crippen molar-refractivity contribution in [3.8, 4) is 0 Å². The molecule has 0 aliphatic carbocycles. The summed E-state index contributed by atoms with van der Waals surface area (Å²) in [4.78, 5) is 22.6. The average Bonchev–Trinajstić information content (AvgIpc) is 3.28. The number of unbranched alkanes of at least 4 members (excludes halogenated alkanes) is 1. The molecule has 1 aromatic rings. The SMILES string of the molecule is O=C(O)CCCC=CCC1C2CCC(O2)C1CNNC(=O)Nc1ccc(I)cc1. The Morgan fingerprint density at radius 1 is 1.14 bits per heavy atom. The van der Waals surface area contributed by atoms with Crippen molar-refractivity contribution in [1.29, 1.82) is 0 Å². The van der Waals surface area contributed by atoms with E-state index in [-0.39, 0.29) is 24.7 Å². The van der Waals surface area contributed by atoms with E-state index in [2.05, 4.69) is 50.9 Å². The Labute approximate surface area is 184 Å². The van der Waals surface area contributed by atoms with Crippen LogP contribution in [0.2, 0.25) is 0 Å². The number of urea groups is 1. The van der Waals surface area contributed by atoms with Gasteiger partial charge < -0.3 is 15.2 Å². The number of carbonyl (C=O) groups is 2. The maximum Gasteiger partial charge on any atom is 0.333 e. The molecule has 4 unspecified atom stereocenters. The number of halogens is 1. The number of benzene rings is 1. The van der Waals surface area contributed by atoms with Gasteiger partial charge >= 0.3 is 12.0 Å². The Hall–Kier alpha value is -1.65. The number of nitrogens with one attached hydrogen (secondary N) is 3. The summed E-state index contributed by atoms with van der Waals surface area (Å²) in [5.74, 6) is 0.0404. The van der Waals surface area contributed by atoms with Gasteiger partial charge in [0, 0.05) is 28.1 Å². The number of fused-ring (bicyclic) bond motifs is 2. The van der Waals surface area contributed by atoms with Gasteiger partial charge in [-0.1, -0.05) is 12.2 Å². The number of allylic oxidation sites excluding steroid dienone is 2. The van der Waals surface area contributed by atoms with Crippen molar-refractivity contribution in [3.05, 3.63) is 40.0 Å². The normalized spacial score (nSPS) is 25.4. The molecule has 2 saturated heterocycles. The molecule has 2 aliphatic heterocycles. The topological polar surface area (TPSA) is 99.7 Å². The zero-order chi connectivity index (χ0) is 20.6. The second-order valence-corrected chi connectivity index (χ2v) is 8.82. The number of carboxylic acid groups (broad SMARTS) is 1. The number of hydrogen-bond donors (Lipinski definition) is 4. The molecular formula is C21H28IN3O4. The Kier molecular flexibility index (Phi) is 8.31. The first-order chi connectivity index (χ1) is 14.0. The lowest BCUT2D eigenvalue weighted by atomic mass is 9.77. The van der Waals surface area contributed by atoms with Gasteiger partial charge in [-0.2, -0.15) is 0 Å². The first-order valence-corrected chi connectivity index (χ1v) is 11.2. The molecular weight excluding hydrogens is 485 g/mol. The van der Waals surface area contributed by atoms with Gasteiger partial charge in [-0.15, -0.1) is 0 Å². The summed E-state index contributed by atoms with van der Waals surface area (Å²) in [5, 5.41) is 11.5. The standard InChI is InChI=1S/C21H28IN3O4/c22-14-7-9-15(10-8-14)24-21(28)25-23-13-17-16(18-11-12-19(17)29-18)5-3-1-2-4-6-20(26)27/h1,3,7-10,16-19,23H,2,4-6,11-13H2,(H,26,27)(H2,24,25,28). The highest BCUT2D eigenvalue weighted by atomic mass is 127. The molecule has 2 aliphatic rings. The average molecular weight is 513 g/mol. The Balaban J connectivity index is 1.40. The summed E-state index contributed by atoms with van der Waals surface area (Å²) in [5.41, 5.74) is 6.53. The summed E-state index contributed by atoms with van der Waals surface area (Å²) in [6.07, 6.45) is 9.53. The maximum atomic E-state index is 12.1. The molecule has 0 aromatic heterocycles. The largest absolute Gasteiger partial charge is 0.481 e. The van der Waals surface area contributed by atoms with Gasteiger partial charge in [-0.05, 0) is 84.9 Å². The molecule has 1 aromatic carbocycles. The van der Waals surface area contributed by atoms with Crippen LogP contribution in [0.1, 0.15) is 38.5 Å². The quantitative estimate of drug-likeness (QED) is 0.165. The third-order valence-corrected chi connectivity index (χ3v) is 6.29. The molecule has 3 rings (SSSR count). The molecule has 29 heavy (non-hydrogen) atoms. The van der Waals surface area contributed by atoms with Crippen molar-refractivity contribution >= 4 is 40.3 Å². The van der Waals surface area contributed by atoms with E-state index in [1.807, 2.05) is 24.3 Å². The zero-order valence-electron chi connectivity index (χ0n) is 16.3. The molecule has 4 N–H and O–H groups in total. The Morgan fingerprint density at radius 3 is 2.59 bits per heavy atom. The van der Waals surface area contributed by atoms with E-state index in [0.29, 0.717) is 24.8 Å². The van der Waals surface area contributed by atoms with Crippen LogP contribution >= 0.6 is 22.6 Å². The highest BCUT2D eigenvalue weighted by Crippen LogP contribution is 2.44. The van der Waals surface area contributed by atoms with Crippen LogP contribution in [-0.4, -0.2) is 35.9 Å². The minimum absolute atomic E-state index is 0.212. The van der Waals surface area contributed by atoms with Gasteiger partial charge in [0.05, 0.1) is 12.2 Å². The lowest BCUT2D eigenvalue weighted by molar-refractivity contribution is -0.137. The number of anilines is 1. The minimum atomic E-state index is -0.746. The van der Waals surface area contributed by atoms with E-state index in [0.717, 1.165) is 34.9 Å². The molecule has 158 valence electrons. The number of amides is 2. The molecule has 4 atom stereocenters. The predicted octanol–water partition coefficient (Wildman–Crippen LogP) is 3.91. The number of ether oxygens (including phenoxy) is 1. The summed E-state index contributed by atoms with van der Waals surface area (Å²) in [7, 11) is 0. The Morgan fingerprint density at radius 2 is 1.86 bits per heavy atom. The monoisotopic (exact) mass is 513 g/mol. The van der Waals surface area contributed by atoms with Gasteiger partial charge in [0.2, 0.25) is 0 Å². The van der Waals surface area contributed by atoms with Crippen molar-refractivity contribution < 1.29 is 19.4 Å². The second-order valence-electron chi connectivity index (χ2n) is 7.58. The van der Waals surface area contributed by atoms with Crippen LogP contribution < -0.4 is 16.2 Å². The van der Waals surface area contributed by atoms with Crippen LogP contribution in [0.25, 0.3) is 0 Å². The number of hydrazine groups is 1. The number of rotatable bonds is 10. The van der Waals surface area contributed by atoms with Crippen LogP contribution in [0.3, 0.4) is 0 Å². The predicted molar refractivity (Wildman–Crippen MR) is 119 cm³/mol. The van der Waals surface area contributed by atoms with Crippen molar-refractivity contribution in [2.24, 2.45) is 11.8 Å². The fourth-order valence-electron chi connectivity index (χ4n) is 4.17. The summed E-state index contributed by atoms with van der Waals surface area (Å²) < 4.78 is 7.21. The molecule has 2 bridgehead atoms. The van der Waals surface area contributed by atoms with E-state index in [4.69, 9.17) is 9.84 Å². The third-order valence-electron chi connectivity index (χ3n) is 5.57. The van der Waals surface area contributed by atoms with Crippen molar-refractivity contribution in [3.63, 3.8) is 0 Å². The summed E-state index contributed by atoms with van der Waals surface area (Å²) in [6, 6.07) is 7.32. The first kappa shape index (κ1) is 22.0. The highest BCUT2D eigenvalue weighted by molar-refractivity contribution is 14.1. The Bertz CT molecular complexity index is 725. The number of aliphatic carboxylic acids is 1. The van der Waals surface area contributed by atoms with Crippen LogP contribution in [0, 0.1) is 15.4 Å². The van der Waals surface area contributed by atoms with E-state index < -0.39 is 5.97 Å². The van der Waals surface area contributed by atoms with Crippen LogP contribution in [0.4, 0.5) is 10.5 Å². The second kappa shape index (κ2) is 10.9. The van der Waals surface area contributed by atoms with Gasteiger partial charge in [0.1, 0.15) is 0 Å². The fourth-order valence-corrected chi connectivity index (χ4v) is 4.53. The third kappa shape index (κ3) is 6.68. The van der Waals surface area contributed by atoms with Gasteiger partial charge in [0.25, 0.3) is 0 Å². The van der Waals surface area contributed by atoms with Crippen molar-refractivity contribution in [1.82, 2.24) is 10.9 Å². The van der Waals surface area contributed by atoms with E-state index in [9.17, 15) is 9.59 Å². The van der Waals surface area contributed by atoms with Crippen LogP contribution in [0.15, 0.2) is 36.4 Å². The molecule has 8 heteroatoms. The van der Waals surface area contributed by atoms with E-state index in [1.54, 1.807) is 0 Å². The molecule has 2 fully saturated rings. The number of carboxylic acids is 1. The molecule has 7 nitrogen and oxygen atoms in total. The molecule has 0 saturated carbocycles. The molecule has 2 heterocycles. The lowest BCUT2D eigenvalue weighted by Crippen LogP contribution is -2.45. The van der Waals surface area contributed by atoms with Crippen LogP contribution in [-0.2, 0) is 9.53 Å².